The number of carboxylic acid groups (broad SMARTS) is 1. The van der Waals surface area contributed by atoms with E-state index in [4.69, 9.17) is 9.84 Å². The summed E-state index contributed by atoms with van der Waals surface area (Å²) in [6, 6.07) is 6.88. The van der Waals surface area contributed by atoms with Crippen molar-refractivity contribution in [3.05, 3.63) is 64.6 Å². The van der Waals surface area contributed by atoms with E-state index in [0.717, 1.165) is 18.1 Å². The fourth-order valence-electron chi connectivity index (χ4n) is 1.88. The first kappa shape index (κ1) is 16.5. The summed E-state index contributed by atoms with van der Waals surface area (Å²) in [5.41, 5.74) is 2.86. The van der Waals surface area contributed by atoms with E-state index < -0.39 is 11.9 Å². The SMILES string of the molecule is O=C(O)c1cnc(C(=O)Nc2cccc(OCc3cscn3)c2)cn1. The number of nitrogens with zero attached hydrogens (tertiary/aromatic N) is 3. The molecule has 2 heterocycles. The molecule has 0 aliphatic rings. The van der Waals surface area contributed by atoms with Gasteiger partial charge in [-0.15, -0.1) is 11.3 Å². The average Bonchev–Trinajstić information content (AvgIpc) is 3.14. The van der Waals surface area contributed by atoms with E-state index in [2.05, 4.69) is 20.3 Å². The fraction of sp³-hybridized carbons (Fsp3) is 0.0625. The number of carbonyl (C=O) groups excluding carboxylic acids is 1. The Morgan fingerprint density at radius 1 is 1.16 bits per heavy atom. The predicted molar refractivity (Wildman–Crippen MR) is 89.8 cm³/mol. The third-order valence-electron chi connectivity index (χ3n) is 3.07. The van der Waals surface area contributed by atoms with Gasteiger partial charge in [0.2, 0.25) is 0 Å². The smallest absolute Gasteiger partial charge is 0.356 e. The zero-order chi connectivity index (χ0) is 17.6. The number of carbonyl (C=O) groups is 2. The molecule has 2 N–H and O–H groups in total. The van der Waals surface area contributed by atoms with Crippen LogP contribution >= 0.6 is 11.3 Å². The molecule has 8 nitrogen and oxygen atoms in total. The number of carboxylic acids is 1. The number of aromatic carboxylic acids is 1. The maximum atomic E-state index is 12.1. The number of nitrogens with one attached hydrogen (secondary N) is 1. The van der Waals surface area contributed by atoms with Crippen molar-refractivity contribution in [2.75, 3.05) is 5.32 Å². The molecular weight excluding hydrogens is 344 g/mol. The zero-order valence-electron chi connectivity index (χ0n) is 12.7. The Morgan fingerprint density at radius 3 is 2.64 bits per heavy atom. The van der Waals surface area contributed by atoms with Crippen molar-refractivity contribution in [3.63, 3.8) is 0 Å². The maximum Gasteiger partial charge on any atom is 0.356 e. The van der Waals surface area contributed by atoms with Gasteiger partial charge in [0.15, 0.2) is 5.69 Å². The number of aromatic nitrogens is 3. The van der Waals surface area contributed by atoms with Crippen LogP contribution in [0.25, 0.3) is 0 Å². The van der Waals surface area contributed by atoms with Crippen LogP contribution < -0.4 is 10.1 Å². The lowest BCUT2D eigenvalue weighted by Gasteiger charge is -2.08. The number of hydrogen-bond acceptors (Lipinski definition) is 7. The van der Waals surface area contributed by atoms with E-state index in [9.17, 15) is 9.59 Å². The molecule has 0 radical (unpaired) electrons. The van der Waals surface area contributed by atoms with E-state index in [1.165, 1.54) is 11.3 Å². The minimum atomic E-state index is -1.20. The molecule has 0 fully saturated rings. The summed E-state index contributed by atoms with van der Waals surface area (Å²) in [4.78, 5) is 34.5. The number of benzene rings is 1. The van der Waals surface area contributed by atoms with Gasteiger partial charge in [0.05, 0.1) is 23.6 Å². The van der Waals surface area contributed by atoms with Crippen molar-refractivity contribution in [1.29, 1.82) is 0 Å². The van der Waals surface area contributed by atoms with E-state index >= 15 is 0 Å². The van der Waals surface area contributed by atoms with Gasteiger partial charge >= 0.3 is 5.97 Å². The van der Waals surface area contributed by atoms with Gasteiger partial charge < -0.3 is 15.2 Å². The van der Waals surface area contributed by atoms with Gasteiger partial charge in [0, 0.05) is 17.1 Å². The molecule has 0 atom stereocenters. The highest BCUT2D eigenvalue weighted by atomic mass is 32.1. The highest BCUT2D eigenvalue weighted by molar-refractivity contribution is 7.07. The van der Waals surface area contributed by atoms with E-state index in [1.807, 2.05) is 5.38 Å². The van der Waals surface area contributed by atoms with Gasteiger partial charge in [-0.3, -0.25) is 4.79 Å². The molecule has 0 saturated heterocycles. The first-order valence-corrected chi connectivity index (χ1v) is 8.03. The second kappa shape index (κ2) is 7.49. The molecule has 0 bridgehead atoms. The van der Waals surface area contributed by atoms with Crippen LogP contribution in [0.2, 0.25) is 0 Å². The molecule has 2 aromatic heterocycles. The number of hydrogen-bond donors (Lipinski definition) is 2. The summed E-state index contributed by atoms with van der Waals surface area (Å²) in [7, 11) is 0. The molecule has 0 aliphatic heterocycles. The second-order valence-electron chi connectivity index (χ2n) is 4.84. The minimum Gasteiger partial charge on any atom is -0.487 e. The molecule has 1 aromatic carbocycles. The van der Waals surface area contributed by atoms with Crippen molar-refractivity contribution in [2.45, 2.75) is 6.61 Å². The summed E-state index contributed by atoms with van der Waals surface area (Å²) in [5, 5.41) is 13.3. The Morgan fingerprint density at radius 2 is 1.96 bits per heavy atom. The number of amides is 1. The van der Waals surface area contributed by atoms with Crippen molar-refractivity contribution in [2.24, 2.45) is 0 Å². The number of thiazole rings is 1. The van der Waals surface area contributed by atoms with Gasteiger partial charge in [-0.2, -0.15) is 0 Å². The van der Waals surface area contributed by atoms with E-state index in [0.29, 0.717) is 18.0 Å². The Hall–Kier alpha value is -3.33. The van der Waals surface area contributed by atoms with Gasteiger partial charge in [-0.1, -0.05) is 6.07 Å². The molecule has 0 aliphatic carbocycles. The molecule has 25 heavy (non-hydrogen) atoms. The maximum absolute atomic E-state index is 12.1. The van der Waals surface area contributed by atoms with Crippen LogP contribution in [0.15, 0.2) is 47.5 Å². The van der Waals surface area contributed by atoms with Crippen molar-refractivity contribution < 1.29 is 19.4 Å². The van der Waals surface area contributed by atoms with Crippen LogP contribution in [-0.4, -0.2) is 31.9 Å². The topological polar surface area (TPSA) is 114 Å². The Kier molecular flexibility index (Phi) is 4.95. The third kappa shape index (κ3) is 4.36. The summed E-state index contributed by atoms with van der Waals surface area (Å²) in [5.74, 6) is -1.12. The first-order chi connectivity index (χ1) is 12.1. The number of anilines is 1. The van der Waals surface area contributed by atoms with Crippen molar-refractivity contribution in [1.82, 2.24) is 15.0 Å². The van der Waals surface area contributed by atoms with Crippen LogP contribution in [0.5, 0.6) is 5.75 Å². The Labute approximate surface area is 146 Å². The minimum absolute atomic E-state index is 0.0128. The molecule has 126 valence electrons. The van der Waals surface area contributed by atoms with Crippen LogP contribution in [0.1, 0.15) is 26.7 Å². The number of rotatable bonds is 6. The molecule has 3 rings (SSSR count). The van der Waals surface area contributed by atoms with Crippen LogP contribution in [0.4, 0.5) is 5.69 Å². The predicted octanol–water partition coefficient (Wildman–Crippen LogP) is 2.46. The lowest BCUT2D eigenvalue weighted by Crippen LogP contribution is -2.15. The van der Waals surface area contributed by atoms with Gasteiger partial charge in [-0.25, -0.2) is 19.7 Å². The average molecular weight is 356 g/mol. The fourth-order valence-corrected chi connectivity index (χ4v) is 2.42. The Bertz CT molecular complexity index is 881. The van der Waals surface area contributed by atoms with Gasteiger partial charge in [0.25, 0.3) is 5.91 Å². The molecule has 0 saturated carbocycles. The normalized spacial score (nSPS) is 10.2. The standard InChI is InChI=1S/C16H12N4O4S/c21-15(13-5-18-14(6-17-13)16(22)23)20-10-2-1-3-12(4-10)24-7-11-8-25-9-19-11/h1-6,8-9H,7H2,(H,20,21)(H,22,23). The summed E-state index contributed by atoms with van der Waals surface area (Å²) in [6.07, 6.45) is 2.14. The van der Waals surface area contributed by atoms with Crippen molar-refractivity contribution >= 4 is 28.9 Å². The number of ether oxygens (including phenoxy) is 1. The lowest BCUT2D eigenvalue weighted by molar-refractivity contribution is 0.0689. The molecule has 1 amide bonds. The molecule has 0 unspecified atom stereocenters. The Balaban J connectivity index is 1.64. The molecule has 0 spiro atoms. The van der Waals surface area contributed by atoms with Crippen molar-refractivity contribution in [3.8, 4) is 5.75 Å². The van der Waals surface area contributed by atoms with Crippen LogP contribution in [0.3, 0.4) is 0 Å². The van der Waals surface area contributed by atoms with E-state index in [-0.39, 0.29) is 11.4 Å². The molecule has 3 aromatic rings. The second-order valence-corrected chi connectivity index (χ2v) is 5.56. The monoisotopic (exact) mass is 356 g/mol. The van der Waals surface area contributed by atoms with Gasteiger partial charge in [-0.05, 0) is 12.1 Å². The molecule has 9 heteroatoms. The van der Waals surface area contributed by atoms with E-state index in [1.54, 1.807) is 29.8 Å². The lowest BCUT2D eigenvalue weighted by atomic mass is 10.3. The quantitative estimate of drug-likeness (QED) is 0.697. The highest BCUT2D eigenvalue weighted by Crippen LogP contribution is 2.19. The van der Waals surface area contributed by atoms with Crippen LogP contribution in [-0.2, 0) is 6.61 Å². The summed E-state index contributed by atoms with van der Waals surface area (Å²) < 4.78 is 5.62. The summed E-state index contributed by atoms with van der Waals surface area (Å²) in [6.45, 7) is 0.336. The largest absolute Gasteiger partial charge is 0.487 e. The molecular formula is C16H12N4O4S. The van der Waals surface area contributed by atoms with Crippen LogP contribution in [0, 0.1) is 0 Å². The third-order valence-corrected chi connectivity index (χ3v) is 3.70. The summed E-state index contributed by atoms with van der Waals surface area (Å²) >= 11 is 1.49. The van der Waals surface area contributed by atoms with Gasteiger partial charge in [0.1, 0.15) is 18.1 Å². The highest BCUT2D eigenvalue weighted by Gasteiger charge is 2.11. The zero-order valence-corrected chi connectivity index (χ0v) is 13.6. The first-order valence-electron chi connectivity index (χ1n) is 7.08.